The van der Waals surface area contributed by atoms with Crippen LogP contribution in [0.3, 0.4) is 0 Å². The molecule has 0 saturated carbocycles. The summed E-state index contributed by atoms with van der Waals surface area (Å²) in [5.74, 6) is 0. The van der Waals surface area contributed by atoms with Crippen molar-refractivity contribution in [3.05, 3.63) is 40.4 Å². The van der Waals surface area contributed by atoms with E-state index in [0.717, 1.165) is 10.9 Å². The van der Waals surface area contributed by atoms with Gasteiger partial charge in [0.2, 0.25) is 0 Å². The van der Waals surface area contributed by atoms with Crippen LogP contribution in [0.2, 0.25) is 0 Å². The van der Waals surface area contributed by atoms with Crippen molar-refractivity contribution in [2.45, 2.75) is 19.8 Å². The molecule has 0 aliphatic heterocycles. The number of hydrogen-bond donors (Lipinski definition) is 0. The van der Waals surface area contributed by atoms with Crippen LogP contribution in [0.5, 0.6) is 0 Å². The van der Waals surface area contributed by atoms with E-state index in [0.29, 0.717) is 0 Å². The Bertz CT molecular complexity index is 263. The van der Waals surface area contributed by atoms with Crippen molar-refractivity contribution in [1.29, 1.82) is 0 Å². The number of unbranched alkanes of at least 4 members (excludes halogenated alkanes) is 1. The first kappa shape index (κ1) is 9.53. The molecule has 1 heteroatoms. The lowest BCUT2D eigenvalue weighted by Crippen LogP contribution is -1.73. The Hall–Kier alpha value is -0.560. The Morgan fingerprint density at radius 1 is 1.33 bits per heavy atom. The third-order valence-electron chi connectivity index (χ3n) is 1.66. The molecule has 0 nitrogen and oxygen atoms in total. The number of rotatable bonds is 3. The van der Waals surface area contributed by atoms with Crippen LogP contribution in [-0.2, 0) is 0 Å². The highest BCUT2D eigenvalue weighted by Crippen LogP contribution is 2.17. The summed E-state index contributed by atoms with van der Waals surface area (Å²) in [6.45, 7) is 2.18. The second-order valence-corrected chi connectivity index (χ2v) is 3.57. The predicted molar refractivity (Wildman–Crippen MR) is 58.1 cm³/mol. The molecular weight excluding hydrogens is 212 g/mol. The summed E-state index contributed by atoms with van der Waals surface area (Å²) < 4.78 is 1.16. The molecule has 0 saturated heterocycles. The van der Waals surface area contributed by atoms with Crippen molar-refractivity contribution in [2.24, 2.45) is 0 Å². The molecule has 1 rings (SSSR count). The van der Waals surface area contributed by atoms with Crippen molar-refractivity contribution in [3.63, 3.8) is 0 Å². The quantitative estimate of drug-likeness (QED) is 0.720. The summed E-state index contributed by atoms with van der Waals surface area (Å²) >= 11 is 3.50. The summed E-state index contributed by atoms with van der Waals surface area (Å²) in [5, 5.41) is 0. The first-order chi connectivity index (χ1) is 5.84. The van der Waals surface area contributed by atoms with Gasteiger partial charge in [-0.05, 0) is 18.1 Å². The van der Waals surface area contributed by atoms with Gasteiger partial charge in [-0.15, -0.1) is 0 Å². The molecular formula is C11H13Br. The maximum absolute atomic E-state index is 3.50. The van der Waals surface area contributed by atoms with Crippen molar-refractivity contribution >= 4 is 22.0 Å². The molecule has 0 spiro atoms. The maximum Gasteiger partial charge on any atom is 0.0247 e. The standard InChI is InChI=1S/C11H13Br/c1-2-3-4-7-10-8-5-6-9-11(10)12/h4-9H,2-3H2,1H3. The molecule has 0 aromatic heterocycles. The molecule has 0 heterocycles. The summed E-state index contributed by atoms with van der Waals surface area (Å²) in [5.41, 5.74) is 1.26. The third-order valence-corrected chi connectivity index (χ3v) is 2.38. The topological polar surface area (TPSA) is 0 Å². The molecule has 0 bridgehead atoms. The van der Waals surface area contributed by atoms with Gasteiger partial charge >= 0.3 is 0 Å². The third kappa shape index (κ3) is 2.82. The lowest BCUT2D eigenvalue weighted by Gasteiger charge is -1.95. The van der Waals surface area contributed by atoms with Gasteiger partial charge in [0.1, 0.15) is 0 Å². The summed E-state index contributed by atoms with van der Waals surface area (Å²) in [6.07, 6.45) is 6.73. The summed E-state index contributed by atoms with van der Waals surface area (Å²) in [4.78, 5) is 0. The van der Waals surface area contributed by atoms with Gasteiger partial charge in [-0.1, -0.05) is 59.6 Å². The number of halogens is 1. The van der Waals surface area contributed by atoms with Gasteiger partial charge in [0, 0.05) is 4.47 Å². The minimum Gasteiger partial charge on any atom is -0.0839 e. The largest absolute Gasteiger partial charge is 0.0839 e. The number of hydrogen-bond acceptors (Lipinski definition) is 0. The highest BCUT2D eigenvalue weighted by Gasteiger charge is 1.90. The monoisotopic (exact) mass is 224 g/mol. The van der Waals surface area contributed by atoms with Crippen LogP contribution < -0.4 is 0 Å². The van der Waals surface area contributed by atoms with Gasteiger partial charge < -0.3 is 0 Å². The van der Waals surface area contributed by atoms with Gasteiger partial charge in [0.15, 0.2) is 0 Å². The molecule has 64 valence electrons. The van der Waals surface area contributed by atoms with Gasteiger partial charge in [-0.2, -0.15) is 0 Å². The Morgan fingerprint density at radius 3 is 2.75 bits per heavy atom. The highest BCUT2D eigenvalue weighted by molar-refractivity contribution is 9.10. The van der Waals surface area contributed by atoms with E-state index in [-0.39, 0.29) is 0 Å². The van der Waals surface area contributed by atoms with Crippen LogP contribution in [0.1, 0.15) is 25.3 Å². The fraction of sp³-hybridized carbons (Fsp3) is 0.273. The van der Waals surface area contributed by atoms with Gasteiger partial charge in [0.05, 0.1) is 0 Å². The van der Waals surface area contributed by atoms with Gasteiger partial charge in [0.25, 0.3) is 0 Å². The van der Waals surface area contributed by atoms with Crippen molar-refractivity contribution < 1.29 is 0 Å². The average molecular weight is 225 g/mol. The van der Waals surface area contributed by atoms with Crippen LogP contribution in [0, 0.1) is 0 Å². The second-order valence-electron chi connectivity index (χ2n) is 2.71. The van der Waals surface area contributed by atoms with Crippen LogP contribution >= 0.6 is 15.9 Å². The molecule has 0 radical (unpaired) electrons. The number of benzene rings is 1. The Kier molecular flexibility index (Phi) is 4.09. The van der Waals surface area contributed by atoms with Crippen LogP contribution in [0.15, 0.2) is 34.8 Å². The summed E-state index contributed by atoms with van der Waals surface area (Å²) in [7, 11) is 0. The van der Waals surface area contributed by atoms with E-state index in [1.165, 1.54) is 12.0 Å². The van der Waals surface area contributed by atoms with E-state index >= 15 is 0 Å². The van der Waals surface area contributed by atoms with Gasteiger partial charge in [-0.25, -0.2) is 0 Å². The minimum atomic E-state index is 1.15. The molecule has 0 amide bonds. The summed E-state index contributed by atoms with van der Waals surface area (Å²) in [6, 6.07) is 8.25. The number of allylic oxidation sites excluding steroid dienone is 1. The second kappa shape index (κ2) is 5.15. The van der Waals surface area contributed by atoms with Gasteiger partial charge in [-0.3, -0.25) is 0 Å². The zero-order valence-corrected chi connectivity index (χ0v) is 8.84. The van der Waals surface area contributed by atoms with E-state index < -0.39 is 0 Å². The Balaban J connectivity index is 2.68. The minimum absolute atomic E-state index is 1.15. The fourth-order valence-corrected chi connectivity index (χ4v) is 1.40. The normalized spacial score (nSPS) is 10.8. The molecule has 1 aromatic carbocycles. The Labute approximate surface area is 82.4 Å². The zero-order chi connectivity index (χ0) is 8.81. The molecule has 0 aliphatic carbocycles. The fourth-order valence-electron chi connectivity index (χ4n) is 0.987. The molecule has 0 unspecified atom stereocenters. The molecule has 12 heavy (non-hydrogen) atoms. The molecule has 1 aromatic rings. The highest BCUT2D eigenvalue weighted by atomic mass is 79.9. The molecule has 0 fully saturated rings. The first-order valence-electron chi connectivity index (χ1n) is 4.25. The first-order valence-corrected chi connectivity index (χ1v) is 5.05. The van der Waals surface area contributed by atoms with Crippen LogP contribution in [0.4, 0.5) is 0 Å². The smallest absolute Gasteiger partial charge is 0.0247 e. The SMILES string of the molecule is CCCC=Cc1ccccc1Br. The van der Waals surface area contributed by atoms with E-state index in [9.17, 15) is 0 Å². The van der Waals surface area contributed by atoms with E-state index in [4.69, 9.17) is 0 Å². The van der Waals surface area contributed by atoms with E-state index in [1.807, 2.05) is 6.07 Å². The van der Waals surface area contributed by atoms with Crippen molar-refractivity contribution in [3.8, 4) is 0 Å². The van der Waals surface area contributed by atoms with Crippen molar-refractivity contribution in [1.82, 2.24) is 0 Å². The lowest BCUT2D eigenvalue weighted by molar-refractivity contribution is 0.962. The van der Waals surface area contributed by atoms with Crippen LogP contribution in [-0.4, -0.2) is 0 Å². The lowest BCUT2D eigenvalue weighted by atomic mass is 10.2. The molecule has 0 atom stereocenters. The zero-order valence-electron chi connectivity index (χ0n) is 7.26. The average Bonchev–Trinajstić information content (AvgIpc) is 2.09. The van der Waals surface area contributed by atoms with E-state index in [1.54, 1.807) is 0 Å². The Morgan fingerprint density at radius 2 is 2.08 bits per heavy atom. The van der Waals surface area contributed by atoms with E-state index in [2.05, 4.69) is 53.2 Å². The van der Waals surface area contributed by atoms with Crippen LogP contribution in [0.25, 0.3) is 6.08 Å². The maximum atomic E-state index is 3.50. The predicted octanol–water partition coefficient (Wildman–Crippen LogP) is 4.26. The van der Waals surface area contributed by atoms with Crippen molar-refractivity contribution in [2.75, 3.05) is 0 Å². The molecule has 0 N–H and O–H groups in total. The molecule has 0 aliphatic rings.